The molecular formula is C17H12Br2FNO. The van der Waals surface area contributed by atoms with E-state index in [0.29, 0.717) is 12.4 Å². The molecule has 2 nitrogen and oxygen atoms in total. The molecule has 0 aliphatic carbocycles. The van der Waals surface area contributed by atoms with E-state index in [9.17, 15) is 9.65 Å². The molecule has 0 aliphatic heterocycles. The maximum absolute atomic E-state index is 13.8. The highest BCUT2D eigenvalue weighted by molar-refractivity contribution is 9.11. The smallest absolute Gasteiger partial charge is 0.147 e. The zero-order valence-electron chi connectivity index (χ0n) is 11.7. The van der Waals surface area contributed by atoms with Crippen LogP contribution in [0.5, 0.6) is 5.75 Å². The summed E-state index contributed by atoms with van der Waals surface area (Å²) in [5.41, 5.74) is 1.31. The lowest BCUT2D eigenvalue weighted by Crippen LogP contribution is -1.94. The summed E-state index contributed by atoms with van der Waals surface area (Å²) in [6, 6.07) is 11.9. The third-order valence-electron chi connectivity index (χ3n) is 2.90. The van der Waals surface area contributed by atoms with E-state index in [1.54, 1.807) is 24.3 Å². The highest BCUT2D eigenvalue weighted by Crippen LogP contribution is 2.35. The van der Waals surface area contributed by atoms with Crippen LogP contribution in [0.1, 0.15) is 18.1 Å². The van der Waals surface area contributed by atoms with E-state index in [0.717, 1.165) is 14.5 Å². The number of hydrogen-bond acceptors (Lipinski definition) is 2. The summed E-state index contributed by atoms with van der Waals surface area (Å²) in [7, 11) is 0. The van der Waals surface area contributed by atoms with Gasteiger partial charge < -0.3 is 4.74 Å². The van der Waals surface area contributed by atoms with Crippen molar-refractivity contribution in [2.45, 2.75) is 6.92 Å². The molecule has 0 saturated heterocycles. The van der Waals surface area contributed by atoms with Gasteiger partial charge in [0.1, 0.15) is 11.6 Å². The summed E-state index contributed by atoms with van der Waals surface area (Å²) in [4.78, 5) is 0. The van der Waals surface area contributed by atoms with Crippen LogP contribution in [0, 0.1) is 17.1 Å². The van der Waals surface area contributed by atoms with E-state index in [1.807, 2.05) is 25.1 Å². The minimum absolute atomic E-state index is 0.265. The Labute approximate surface area is 145 Å². The van der Waals surface area contributed by atoms with Crippen LogP contribution in [0.4, 0.5) is 4.39 Å². The molecule has 0 bridgehead atoms. The standard InChI is InChI=1S/C17H12Br2FNO/c1-2-22-17-14(18)8-11(9-15(17)19)7-12(10-21)13-5-3-4-6-16(13)20/h3-9H,2H2,1H3. The number of hydrogen-bond donors (Lipinski definition) is 0. The maximum atomic E-state index is 13.8. The summed E-state index contributed by atoms with van der Waals surface area (Å²) in [5, 5.41) is 9.31. The Morgan fingerprint density at radius 1 is 1.27 bits per heavy atom. The topological polar surface area (TPSA) is 33.0 Å². The first-order valence-electron chi connectivity index (χ1n) is 6.55. The second-order valence-corrected chi connectivity index (χ2v) is 6.11. The molecule has 2 aromatic carbocycles. The third-order valence-corrected chi connectivity index (χ3v) is 4.08. The van der Waals surface area contributed by atoms with Crippen molar-refractivity contribution in [3.63, 3.8) is 0 Å². The van der Waals surface area contributed by atoms with Gasteiger partial charge in [0.05, 0.1) is 27.2 Å². The second-order valence-electron chi connectivity index (χ2n) is 4.40. The first-order valence-corrected chi connectivity index (χ1v) is 8.14. The van der Waals surface area contributed by atoms with E-state index in [2.05, 4.69) is 31.9 Å². The summed E-state index contributed by atoms with van der Waals surface area (Å²) in [6.07, 6.45) is 1.64. The molecule has 0 fully saturated rings. The predicted octanol–water partition coefficient (Wildman–Crippen LogP) is 5.81. The van der Waals surface area contributed by atoms with Crippen LogP contribution in [0.2, 0.25) is 0 Å². The Bertz CT molecular complexity index is 742. The fourth-order valence-corrected chi connectivity index (χ4v) is 3.41. The lowest BCUT2D eigenvalue weighted by Gasteiger charge is -2.10. The molecule has 0 unspecified atom stereocenters. The van der Waals surface area contributed by atoms with Crippen molar-refractivity contribution in [2.75, 3.05) is 6.61 Å². The number of halogens is 3. The molecule has 5 heteroatoms. The summed E-state index contributed by atoms with van der Waals surface area (Å²) >= 11 is 6.88. The first kappa shape index (κ1) is 16.7. The van der Waals surface area contributed by atoms with Gasteiger partial charge in [0.15, 0.2) is 0 Å². The van der Waals surface area contributed by atoms with Gasteiger partial charge in [-0.25, -0.2) is 4.39 Å². The van der Waals surface area contributed by atoms with Crippen molar-refractivity contribution >= 4 is 43.5 Å². The number of rotatable bonds is 4. The van der Waals surface area contributed by atoms with Gasteiger partial charge in [0.2, 0.25) is 0 Å². The van der Waals surface area contributed by atoms with Gasteiger partial charge in [-0.3, -0.25) is 0 Å². The number of nitriles is 1. The van der Waals surface area contributed by atoms with Crippen molar-refractivity contribution in [2.24, 2.45) is 0 Å². The van der Waals surface area contributed by atoms with Crippen molar-refractivity contribution in [1.82, 2.24) is 0 Å². The lowest BCUT2D eigenvalue weighted by atomic mass is 10.0. The molecule has 0 aliphatic rings. The maximum Gasteiger partial charge on any atom is 0.147 e. The quantitative estimate of drug-likeness (QED) is 0.458. The Morgan fingerprint density at radius 2 is 1.91 bits per heavy atom. The molecule has 0 atom stereocenters. The molecule has 0 aromatic heterocycles. The highest BCUT2D eigenvalue weighted by Gasteiger charge is 2.10. The van der Waals surface area contributed by atoms with Gasteiger partial charge in [-0.2, -0.15) is 5.26 Å². The average Bonchev–Trinajstić information content (AvgIpc) is 2.49. The Balaban J connectivity index is 2.48. The van der Waals surface area contributed by atoms with Crippen molar-refractivity contribution in [3.05, 3.63) is 62.3 Å². The van der Waals surface area contributed by atoms with Crippen molar-refractivity contribution < 1.29 is 9.13 Å². The predicted molar refractivity (Wildman–Crippen MR) is 92.9 cm³/mol. The minimum atomic E-state index is -0.417. The Kier molecular flexibility index (Phi) is 5.76. The zero-order valence-corrected chi connectivity index (χ0v) is 14.9. The van der Waals surface area contributed by atoms with Gasteiger partial charge in [0.25, 0.3) is 0 Å². The lowest BCUT2D eigenvalue weighted by molar-refractivity contribution is 0.336. The molecule has 112 valence electrons. The van der Waals surface area contributed by atoms with Crippen molar-refractivity contribution in [1.29, 1.82) is 5.26 Å². The fraction of sp³-hybridized carbons (Fsp3) is 0.118. The van der Waals surface area contributed by atoms with Gasteiger partial charge in [-0.1, -0.05) is 18.2 Å². The molecule has 2 rings (SSSR count). The SMILES string of the molecule is CCOc1c(Br)cc(C=C(C#N)c2ccccc2F)cc1Br. The summed E-state index contributed by atoms with van der Waals surface area (Å²) in [6.45, 7) is 2.45. The minimum Gasteiger partial charge on any atom is -0.492 e. The van der Waals surface area contributed by atoms with Crippen LogP contribution in [-0.4, -0.2) is 6.61 Å². The second kappa shape index (κ2) is 7.57. The van der Waals surface area contributed by atoms with Crippen LogP contribution >= 0.6 is 31.9 Å². The third kappa shape index (κ3) is 3.76. The normalized spacial score (nSPS) is 11.1. The summed E-state index contributed by atoms with van der Waals surface area (Å²) in [5.74, 6) is 0.281. The van der Waals surface area contributed by atoms with Crippen LogP contribution in [0.15, 0.2) is 45.3 Å². The molecule has 0 spiro atoms. The van der Waals surface area contributed by atoms with Gasteiger partial charge in [-0.05, 0) is 68.6 Å². The van der Waals surface area contributed by atoms with Crippen LogP contribution < -0.4 is 4.74 Å². The van der Waals surface area contributed by atoms with E-state index in [1.165, 1.54) is 6.07 Å². The molecule has 0 radical (unpaired) electrons. The molecule has 0 heterocycles. The van der Waals surface area contributed by atoms with E-state index in [-0.39, 0.29) is 11.1 Å². The molecular weight excluding hydrogens is 413 g/mol. The van der Waals surface area contributed by atoms with E-state index >= 15 is 0 Å². The molecule has 0 amide bonds. The average molecular weight is 425 g/mol. The molecule has 22 heavy (non-hydrogen) atoms. The molecule has 0 saturated carbocycles. The van der Waals surface area contributed by atoms with Gasteiger partial charge in [-0.15, -0.1) is 0 Å². The van der Waals surface area contributed by atoms with Gasteiger partial charge in [0, 0.05) is 5.56 Å². The van der Waals surface area contributed by atoms with Crippen LogP contribution in [0.25, 0.3) is 11.6 Å². The summed E-state index contributed by atoms with van der Waals surface area (Å²) < 4.78 is 20.9. The molecule has 0 N–H and O–H groups in total. The largest absolute Gasteiger partial charge is 0.492 e. The van der Waals surface area contributed by atoms with Crippen LogP contribution in [0.3, 0.4) is 0 Å². The Hall–Kier alpha value is -1.64. The monoisotopic (exact) mass is 423 g/mol. The van der Waals surface area contributed by atoms with Crippen molar-refractivity contribution in [3.8, 4) is 11.8 Å². The van der Waals surface area contributed by atoms with E-state index in [4.69, 9.17) is 4.74 Å². The van der Waals surface area contributed by atoms with Gasteiger partial charge >= 0.3 is 0 Å². The van der Waals surface area contributed by atoms with Crippen LogP contribution in [-0.2, 0) is 0 Å². The van der Waals surface area contributed by atoms with E-state index < -0.39 is 5.82 Å². The Morgan fingerprint density at radius 3 is 2.45 bits per heavy atom. The molecule has 2 aromatic rings. The first-order chi connectivity index (χ1) is 10.6. The highest BCUT2D eigenvalue weighted by atomic mass is 79.9. The number of benzene rings is 2. The number of nitrogens with zero attached hydrogens (tertiary/aromatic N) is 1. The zero-order chi connectivity index (χ0) is 16.1. The number of allylic oxidation sites excluding steroid dienone is 1. The fourth-order valence-electron chi connectivity index (χ4n) is 1.96. The number of ether oxygens (including phenoxy) is 1.